The maximum atomic E-state index is 11.3. The number of rotatable bonds is 8. The first-order chi connectivity index (χ1) is 8.27. The van der Waals surface area contributed by atoms with Crippen molar-refractivity contribution in [3.05, 3.63) is 0 Å². The highest BCUT2D eigenvalue weighted by Gasteiger charge is 2.12. The van der Waals surface area contributed by atoms with Crippen molar-refractivity contribution in [1.29, 1.82) is 0 Å². The van der Waals surface area contributed by atoms with Gasteiger partial charge in [-0.3, -0.25) is 4.99 Å². The Morgan fingerprint density at radius 2 is 2.06 bits per heavy atom. The van der Waals surface area contributed by atoms with Gasteiger partial charge >= 0.3 is 0 Å². The van der Waals surface area contributed by atoms with Gasteiger partial charge in [0.1, 0.15) is 0 Å². The molecule has 0 rings (SSSR count). The number of hydrogen-bond acceptors (Lipinski definition) is 3. The molecule has 0 amide bonds. The predicted octanol–water partition coefficient (Wildman–Crippen LogP) is 0.218. The standard InChI is InChI=1S/C11H26N4O2S/c1-5-15(18(4,16)17)8-6-7-13-11(12)14-9-10(2)3/h10H,5-9H2,1-4H3,(H3,12,13,14). The largest absolute Gasteiger partial charge is 0.370 e. The van der Waals surface area contributed by atoms with Gasteiger partial charge in [0.05, 0.1) is 6.26 Å². The SMILES string of the molecule is CCN(CCCNC(N)=NCC(C)C)S(C)(=O)=O. The molecule has 0 aromatic rings. The number of aliphatic imine (C=N–C) groups is 1. The number of hydrogen-bond donors (Lipinski definition) is 2. The highest BCUT2D eigenvalue weighted by atomic mass is 32.2. The van der Waals surface area contributed by atoms with Crippen LogP contribution in [0.1, 0.15) is 27.2 Å². The molecule has 0 aliphatic carbocycles. The second-order valence-corrected chi connectivity index (χ2v) is 6.64. The van der Waals surface area contributed by atoms with Crippen LogP contribution in [-0.4, -0.2) is 51.1 Å². The van der Waals surface area contributed by atoms with Crippen molar-refractivity contribution >= 4 is 16.0 Å². The molecule has 3 N–H and O–H groups in total. The number of sulfonamides is 1. The van der Waals surface area contributed by atoms with Gasteiger partial charge in [-0.2, -0.15) is 0 Å². The minimum Gasteiger partial charge on any atom is -0.370 e. The molecule has 0 aliphatic heterocycles. The van der Waals surface area contributed by atoms with Crippen LogP contribution in [0.15, 0.2) is 4.99 Å². The molecule has 6 nitrogen and oxygen atoms in total. The number of nitrogens with zero attached hydrogens (tertiary/aromatic N) is 2. The number of guanidine groups is 1. The summed E-state index contributed by atoms with van der Waals surface area (Å²) in [7, 11) is -3.09. The van der Waals surface area contributed by atoms with E-state index >= 15 is 0 Å². The average Bonchev–Trinajstić information content (AvgIpc) is 2.24. The van der Waals surface area contributed by atoms with E-state index in [2.05, 4.69) is 24.2 Å². The van der Waals surface area contributed by atoms with Crippen LogP contribution < -0.4 is 11.1 Å². The summed E-state index contributed by atoms with van der Waals surface area (Å²) in [5, 5.41) is 2.98. The van der Waals surface area contributed by atoms with E-state index in [9.17, 15) is 8.42 Å². The van der Waals surface area contributed by atoms with Gasteiger partial charge in [0, 0.05) is 26.2 Å². The third kappa shape index (κ3) is 8.30. The van der Waals surface area contributed by atoms with Crippen molar-refractivity contribution in [2.45, 2.75) is 27.2 Å². The smallest absolute Gasteiger partial charge is 0.211 e. The van der Waals surface area contributed by atoms with Crippen molar-refractivity contribution in [3.63, 3.8) is 0 Å². The van der Waals surface area contributed by atoms with Crippen molar-refractivity contribution in [2.24, 2.45) is 16.6 Å². The van der Waals surface area contributed by atoms with E-state index in [0.717, 1.165) is 0 Å². The Bertz CT molecular complexity index is 352. The minimum atomic E-state index is -3.09. The van der Waals surface area contributed by atoms with Crippen LogP contribution in [0.5, 0.6) is 0 Å². The van der Waals surface area contributed by atoms with Crippen LogP contribution in [0, 0.1) is 5.92 Å². The molecule has 0 saturated heterocycles. The van der Waals surface area contributed by atoms with Gasteiger partial charge in [0.15, 0.2) is 5.96 Å². The van der Waals surface area contributed by atoms with E-state index in [4.69, 9.17) is 5.73 Å². The number of nitrogens with two attached hydrogens (primary N) is 1. The van der Waals surface area contributed by atoms with Gasteiger partial charge in [0.2, 0.25) is 10.0 Å². The molecule has 0 radical (unpaired) electrons. The maximum Gasteiger partial charge on any atom is 0.211 e. The zero-order chi connectivity index (χ0) is 14.2. The monoisotopic (exact) mass is 278 g/mol. The van der Waals surface area contributed by atoms with Gasteiger partial charge in [-0.15, -0.1) is 0 Å². The molecule has 0 fully saturated rings. The summed E-state index contributed by atoms with van der Waals surface area (Å²) in [4.78, 5) is 4.16. The van der Waals surface area contributed by atoms with Crippen LogP contribution in [-0.2, 0) is 10.0 Å². The summed E-state index contributed by atoms with van der Waals surface area (Å²) in [5.41, 5.74) is 5.66. The van der Waals surface area contributed by atoms with E-state index in [1.165, 1.54) is 10.6 Å². The van der Waals surface area contributed by atoms with E-state index in [0.29, 0.717) is 44.5 Å². The minimum absolute atomic E-state index is 0.422. The molecule has 0 aliphatic rings. The van der Waals surface area contributed by atoms with Crippen LogP contribution in [0.25, 0.3) is 0 Å². The quantitative estimate of drug-likeness (QED) is 0.378. The lowest BCUT2D eigenvalue weighted by atomic mass is 10.2. The first-order valence-electron chi connectivity index (χ1n) is 6.26. The van der Waals surface area contributed by atoms with E-state index < -0.39 is 10.0 Å². The van der Waals surface area contributed by atoms with Crippen LogP contribution in [0.2, 0.25) is 0 Å². The zero-order valence-corrected chi connectivity index (χ0v) is 12.6. The molecular weight excluding hydrogens is 252 g/mol. The van der Waals surface area contributed by atoms with Crippen molar-refractivity contribution < 1.29 is 8.42 Å². The second-order valence-electron chi connectivity index (χ2n) is 4.65. The molecule has 0 saturated carbocycles. The van der Waals surface area contributed by atoms with Crippen molar-refractivity contribution in [2.75, 3.05) is 32.4 Å². The average molecular weight is 278 g/mol. The fourth-order valence-electron chi connectivity index (χ4n) is 1.37. The van der Waals surface area contributed by atoms with Gasteiger partial charge < -0.3 is 11.1 Å². The van der Waals surface area contributed by atoms with Gasteiger partial charge in [-0.1, -0.05) is 20.8 Å². The molecule has 0 spiro atoms. The van der Waals surface area contributed by atoms with E-state index in [-0.39, 0.29) is 0 Å². The molecule has 0 unspecified atom stereocenters. The maximum absolute atomic E-state index is 11.3. The third-order valence-corrected chi connectivity index (χ3v) is 3.72. The lowest BCUT2D eigenvalue weighted by molar-refractivity contribution is 0.424. The summed E-state index contributed by atoms with van der Waals surface area (Å²) in [6.07, 6.45) is 1.93. The number of nitrogens with one attached hydrogen (secondary N) is 1. The fraction of sp³-hybridized carbons (Fsp3) is 0.909. The summed E-state index contributed by atoms with van der Waals surface area (Å²) >= 11 is 0. The van der Waals surface area contributed by atoms with Crippen LogP contribution >= 0.6 is 0 Å². The third-order valence-electron chi connectivity index (χ3n) is 2.34. The van der Waals surface area contributed by atoms with Gasteiger partial charge in [-0.25, -0.2) is 12.7 Å². The Balaban J connectivity index is 3.89. The topological polar surface area (TPSA) is 87.8 Å². The normalized spacial score (nSPS) is 13.3. The molecule has 7 heteroatoms. The van der Waals surface area contributed by atoms with E-state index in [1.54, 1.807) is 0 Å². The van der Waals surface area contributed by atoms with Crippen molar-refractivity contribution in [1.82, 2.24) is 9.62 Å². The lowest BCUT2D eigenvalue weighted by Gasteiger charge is -2.17. The van der Waals surface area contributed by atoms with Gasteiger partial charge in [0.25, 0.3) is 0 Å². The Morgan fingerprint density at radius 1 is 1.44 bits per heavy atom. The highest BCUT2D eigenvalue weighted by molar-refractivity contribution is 7.88. The molecule has 0 bridgehead atoms. The predicted molar refractivity (Wildman–Crippen MR) is 76.0 cm³/mol. The first kappa shape index (κ1) is 17.2. The lowest BCUT2D eigenvalue weighted by Crippen LogP contribution is -2.36. The van der Waals surface area contributed by atoms with Gasteiger partial charge in [-0.05, 0) is 12.3 Å². The van der Waals surface area contributed by atoms with Crippen LogP contribution in [0.4, 0.5) is 0 Å². The Hall–Kier alpha value is -0.820. The molecule has 0 aromatic carbocycles. The van der Waals surface area contributed by atoms with E-state index in [1.807, 2.05) is 6.92 Å². The Kier molecular flexibility index (Phi) is 7.93. The molecule has 0 aromatic heterocycles. The van der Waals surface area contributed by atoms with Crippen molar-refractivity contribution in [3.8, 4) is 0 Å². The second kappa shape index (κ2) is 8.31. The summed E-state index contributed by atoms with van der Waals surface area (Å²) < 4.78 is 24.1. The molecule has 0 atom stereocenters. The summed E-state index contributed by atoms with van der Waals surface area (Å²) in [6, 6.07) is 0. The first-order valence-corrected chi connectivity index (χ1v) is 8.11. The molecule has 108 valence electrons. The molecule has 18 heavy (non-hydrogen) atoms. The zero-order valence-electron chi connectivity index (χ0n) is 11.8. The molecular formula is C11H26N4O2S. The fourth-order valence-corrected chi connectivity index (χ4v) is 2.30. The van der Waals surface area contributed by atoms with Crippen LogP contribution in [0.3, 0.4) is 0 Å². The summed E-state index contributed by atoms with van der Waals surface area (Å²) in [5.74, 6) is 0.900. The summed E-state index contributed by atoms with van der Waals surface area (Å²) in [6.45, 7) is 8.29. The highest BCUT2D eigenvalue weighted by Crippen LogP contribution is 1.98. The Labute approximate surface area is 111 Å². The Morgan fingerprint density at radius 3 is 2.50 bits per heavy atom. The molecule has 0 heterocycles.